The Balaban J connectivity index is 1.70. The first-order valence-electron chi connectivity index (χ1n) is 7.83. The van der Waals surface area contributed by atoms with E-state index >= 15 is 0 Å². The van der Waals surface area contributed by atoms with Gasteiger partial charge >= 0.3 is 5.97 Å². The van der Waals surface area contributed by atoms with Gasteiger partial charge in [0.25, 0.3) is 0 Å². The molecule has 2 aromatic rings. The van der Waals surface area contributed by atoms with Gasteiger partial charge in [0.1, 0.15) is 12.4 Å². The molecule has 0 aliphatic heterocycles. The largest absolute Gasteiger partial charge is 0.489 e. The monoisotopic (exact) mass is 374 g/mol. The molecule has 0 bridgehead atoms. The zero-order valence-corrected chi connectivity index (χ0v) is 14.4. The highest BCUT2D eigenvalue weighted by molar-refractivity contribution is 9.10. The summed E-state index contributed by atoms with van der Waals surface area (Å²) < 4.78 is 6.94. The van der Waals surface area contributed by atoms with Crippen molar-refractivity contribution in [1.29, 1.82) is 0 Å². The van der Waals surface area contributed by atoms with Crippen LogP contribution >= 0.6 is 15.9 Å². The molecule has 0 aromatic heterocycles. The van der Waals surface area contributed by atoms with E-state index in [9.17, 15) is 4.79 Å². The fourth-order valence-electron chi connectivity index (χ4n) is 3.15. The predicted octanol–water partition coefficient (Wildman–Crippen LogP) is 4.92. The van der Waals surface area contributed by atoms with Crippen molar-refractivity contribution in [3.05, 3.63) is 63.6 Å². The van der Waals surface area contributed by atoms with Crippen molar-refractivity contribution >= 4 is 21.9 Å². The number of hydrogen-bond acceptors (Lipinski definition) is 2. The van der Waals surface area contributed by atoms with E-state index in [4.69, 9.17) is 9.84 Å². The van der Waals surface area contributed by atoms with Gasteiger partial charge in [-0.25, -0.2) is 0 Å². The van der Waals surface area contributed by atoms with Crippen molar-refractivity contribution < 1.29 is 14.6 Å². The van der Waals surface area contributed by atoms with Gasteiger partial charge in [-0.3, -0.25) is 4.79 Å². The molecule has 0 fully saturated rings. The van der Waals surface area contributed by atoms with Crippen LogP contribution in [0.15, 0.2) is 46.9 Å². The fourth-order valence-corrected chi connectivity index (χ4v) is 3.42. The summed E-state index contributed by atoms with van der Waals surface area (Å²) >= 11 is 3.42. The summed E-state index contributed by atoms with van der Waals surface area (Å²) in [4.78, 5) is 11.0. The number of hydrogen-bond donors (Lipinski definition) is 1. The topological polar surface area (TPSA) is 46.5 Å². The van der Waals surface area contributed by atoms with E-state index in [1.165, 1.54) is 11.1 Å². The molecule has 23 heavy (non-hydrogen) atoms. The third kappa shape index (κ3) is 4.14. The number of benzene rings is 2. The van der Waals surface area contributed by atoms with Gasteiger partial charge in [0.2, 0.25) is 0 Å². The van der Waals surface area contributed by atoms with E-state index < -0.39 is 5.97 Å². The normalized spacial score (nSPS) is 16.7. The van der Waals surface area contributed by atoms with E-state index in [-0.39, 0.29) is 12.3 Å². The molecule has 1 unspecified atom stereocenters. The van der Waals surface area contributed by atoms with E-state index in [2.05, 4.69) is 22.0 Å². The number of aliphatic carboxylic acids is 1. The second kappa shape index (κ2) is 7.18. The second-order valence-corrected chi connectivity index (χ2v) is 6.88. The Morgan fingerprint density at radius 1 is 1.22 bits per heavy atom. The Hall–Kier alpha value is -1.81. The van der Waals surface area contributed by atoms with E-state index in [0.29, 0.717) is 6.61 Å². The zero-order chi connectivity index (χ0) is 16.2. The summed E-state index contributed by atoms with van der Waals surface area (Å²) in [5.41, 5.74) is 3.53. The number of carboxylic acid groups (broad SMARTS) is 1. The fraction of sp³-hybridized carbons (Fsp3) is 0.316. The molecule has 1 aliphatic rings. The quantitative estimate of drug-likeness (QED) is 0.807. The molecular formula is C19H19BrO3. The maximum absolute atomic E-state index is 11.0. The van der Waals surface area contributed by atoms with Gasteiger partial charge < -0.3 is 9.84 Å². The minimum atomic E-state index is -0.724. The maximum atomic E-state index is 11.0. The van der Waals surface area contributed by atoms with Crippen LogP contribution in [-0.2, 0) is 17.8 Å². The standard InChI is InChI=1S/C19H19BrO3/c20-16-6-4-13(5-7-16)12-23-17-8-9-18-14(10-17)2-1-3-15(18)11-19(21)22/h4-10,15H,1-3,11-12H2,(H,21,22). The summed E-state index contributed by atoms with van der Waals surface area (Å²) in [6.07, 6.45) is 3.21. The number of ether oxygens (including phenoxy) is 1. The molecular weight excluding hydrogens is 356 g/mol. The number of fused-ring (bicyclic) bond motifs is 1. The molecule has 120 valence electrons. The predicted molar refractivity (Wildman–Crippen MR) is 92.8 cm³/mol. The second-order valence-electron chi connectivity index (χ2n) is 5.96. The summed E-state index contributed by atoms with van der Waals surface area (Å²) in [6, 6.07) is 14.1. The van der Waals surface area contributed by atoms with Crippen molar-refractivity contribution in [2.45, 2.75) is 38.2 Å². The lowest BCUT2D eigenvalue weighted by Crippen LogP contribution is -2.13. The molecule has 2 aromatic carbocycles. The van der Waals surface area contributed by atoms with Crippen LogP contribution in [0.25, 0.3) is 0 Å². The van der Waals surface area contributed by atoms with Crippen molar-refractivity contribution in [3.8, 4) is 5.75 Å². The molecule has 1 atom stereocenters. The van der Waals surface area contributed by atoms with Crippen molar-refractivity contribution in [2.24, 2.45) is 0 Å². The first-order chi connectivity index (χ1) is 11.1. The third-order valence-corrected chi connectivity index (χ3v) is 4.82. The van der Waals surface area contributed by atoms with Gasteiger partial charge in [-0.1, -0.05) is 34.1 Å². The average Bonchev–Trinajstić information content (AvgIpc) is 2.54. The highest BCUT2D eigenvalue weighted by Gasteiger charge is 2.22. The molecule has 3 nitrogen and oxygen atoms in total. The third-order valence-electron chi connectivity index (χ3n) is 4.29. The first kappa shape index (κ1) is 16.1. The summed E-state index contributed by atoms with van der Waals surface area (Å²) in [5, 5.41) is 9.05. The molecule has 0 heterocycles. The molecule has 0 saturated carbocycles. The number of rotatable bonds is 5. The lowest BCUT2D eigenvalue weighted by atomic mass is 9.81. The van der Waals surface area contributed by atoms with Crippen LogP contribution < -0.4 is 4.74 Å². The molecule has 0 spiro atoms. The van der Waals surface area contributed by atoms with Gasteiger partial charge in [-0.05, 0) is 66.1 Å². The van der Waals surface area contributed by atoms with Crippen LogP contribution in [0.5, 0.6) is 5.75 Å². The molecule has 0 radical (unpaired) electrons. The van der Waals surface area contributed by atoms with Gasteiger partial charge in [-0.2, -0.15) is 0 Å². The number of halogens is 1. The highest BCUT2D eigenvalue weighted by Crippen LogP contribution is 2.35. The van der Waals surface area contributed by atoms with E-state index in [1.54, 1.807) is 0 Å². The van der Waals surface area contributed by atoms with Crippen LogP contribution in [0.3, 0.4) is 0 Å². The highest BCUT2D eigenvalue weighted by atomic mass is 79.9. The zero-order valence-electron chi connectivity index (χ0n) is 12.8. The number of carbonyl (C=O) groups is 1. The average molecular weight is 375 g/mol. The molecule has 1 aliphatic carbocycles. The Labute approximate surface area is 144 Å². The molecule has 1 N–H and O–H groups in total. The van der Waals surface area contributed by atoms with Crippen LogP contribution in [0.4, 0.5) is 0 Å². The Kier molecular flexibility index (Phi) is 5.01. The SMILES string of the molecule is O=C(O)CC1CCCc2cc(OCc3ccc(Br)cc3)ccc21. The smallest absolute Gasteiger partial charge is 0.303 e. The summed E-state index contributed by atoms with van der Waals surface area (Å²) in [6.45, 7) is 0.532. The Morgan fingerprint density at radius 3 is 2.74 bits per heavy atom. The molecule has 3 rings (SSSR count). The van der Waals surface area contributed by atoms with Crippen molar-refractivity contribution in [1.82, 2.24) is 0 Å². The van der Waals surface area contributed by atoms with Crippen LogP contribution in [0.1, 0.15) is 41.9 Å². The Morgan fingerprint density at radius 2 is 2.00 bits per heavy atom. The molecule has 4 heteroatoms. The lowest BCUT2D eigenvalue weighted by Gasteiger charge is -2.24. The number of aryl methyl sites for hydroxylation is 1. The van der Waals surface area contributed by atoms with Crippen LogP contribution in [0.2, 0.25) is 0 Å². The lowest BCUT2D eigenvalue weighted by molar-refractivity contribution is -0.137. The maximum Gasteiger partial charge on any atom is 0.303 e. The first-order valence-corrected chi connectivity index (χ1v) is 8.63. The number of carboxylic acids is 1. The van der Waals surface area contributed by atoms with Gasteiger partial charge in [-0.15, -0.1) is 0 Å². The minimum Gasteiger partial charge on any atom is -0.489 e. The summed E-state index contributed by atoms with van der Waals surface area (Å²) in [7, 11) is 0. The minimum absolute atomic E-state index is 0.136. The van der Waals surface area contributed by atoms with Crippen LogP contribution in [0, 0.1) is 0 Å². The van der Waals surface area contributed by atoms with E-state index in [1.807, 2.05) is 36.4 Å². The van der Waals surface area contributed by atoms with E-state index in [0.717, 1.165) is 35.0 Å². The molecule has 0 amide bonds. The Bertz CT molecular complexity index is 694. The van der Waals surface area contributed by atoms with Crippen molar-refractivity contribution in [3.63, 3.8) is 0 Å². The van der Waals surface area contributed by atoms with Crippen LogP contribution in [-0.4, -0.2) is 11.1 Å². The van der Waals surface area contributed by atoms with Gasteiger partial charge in [0.05, 0.1) is 6.42 Å². The summed E-state index contributed by atoms with van der Waals surface area (Å²) in [5.74, 6) is 0.262. The molecule has 0 saturated heterocycles. The van der Waals surface area contributed by atoms with Gasteiger partial charge in [0, 0.05) is 4.47 Å². The van der Waals surface area contributed by atoms with Gasteiger partial charge in [0.15, 0.2) is 0 Å². The van der Waals surface area contributed by atoms with Crippen molar-refractivity contribution in [2.75, 3.05) is 0 Å².